The number of carbonyl (C=O) groups is 1. The summed E-state index contributed by atoms with van der Waals surface area (Å²) in [6, 6.07) is -0.449. The van der Waals surface area contributed by atoms with E-state index in [4.69, 9.17) is 10.5 Å². The molecule has 16 heavy (non-hydrogen) atoms. The Bertz CT molecular complexity index is 287. The molecule has 1 aliphatic rings. The molecule has 0 aliphatic carbocycles. The van der Waals surface area contributed by atoms with Gasteiger partial charge in [-0.3, -0.25) is 4.79 Å². The fraction of sp³-hybridized carbons (Fsp3) is 0.583. The predicted molar refractivity (Wildman–Crippen MR) is 63.9 cm³/mol. The number of nitrogens with two attached hydrogens (primary N) is 1. The third-order valence-corrected chi connectivity index (χ3v) is 2.68. The molecule has 1 heterocycles. The van der Waals surface area contributed by atoms with Crippen molar-refractivity contribution >= 4 is 5.91 Å². The van der Waals surface area contributed by atoms with Crippen LogP contribution in [0.15, 0.2) is 24.3 Å². The number of ether oxygens (including phenoxy) is 1. The minimum absolute atomic E-state index is 0.00705. The van der Waals surface area contributed by atoms with Crippen LogP contribution in [0.25, 0.3) is 0 Å². The molecule has 0 aromatic rings. The Morgan fingerprint density at radius 1 is 1.81 bits per heavy atom. The normalized spacial score (nSPS) is 17.9. The summed E-state index contributed by atoms with van der Waals surface area (Å²) in [5, 5.41) is 0. The standard InChI is InChI=1S/C12H20N2O2/c1-3-4-11(13)12(15)14-7-5-10(6-8-14)9-16-2/h3,5,11H,1,4,6-9,13H2,2H3. The zero-order chi connectivity index (χ0) is 12.0. The molecule has 0 saturated carbocycles. The highest BCUT2D eigenvalue weighted by molar-refractivity contribution is 5.82. The lowest BCUT2D eigenvalue weighted by molar-refractivity contribution is -0.132. The molecule has 0 aromatic heterocycles. The molecule has 1 amide bonds. The van der Waals surface area contributed by atoms with Crippen LogP contribution < -0.4 is 5.73 Å². The van der Waals surface area contributed by atoms with E-state index in [0.717, 1.165) is 13.0 Å². The van der Waals surface area contributed by atoms with E-state index in [9.17, 15) is 4.79 Å². The Morgan fingerprint density at radius 3 is 3.06 bits per heavy atom. The molecule has 4 nitrogen and oxygen atoms in total. The fourth-order valence-electron chi connectivity index (χ4n) is 1.74. The monoisotopic (exact) mass is 224 g/mol. The van der Waals surface area contributed by atoms with Crippen molar-refractivity contribution in [3.05, 3.63) is 24.3 Å². The average Bonchev–Trinajstić information content (AvgIpc) is 2.30. The first kappa shape index (κ1) is 12.9. The molecule has 4 heteroatoms. The number of rotatable bonds is 5. The van der Waals surface area contributed by atoms with Gasteiger partial charge in [0.25, 0.3) is 0 Å². The molecule has 1 unspecified atom stereocenters. The molecule has 2 N–H and O–H groups in total. The van der Waals surface area contributed by atoms with E-state index >= 15 is 0 Å². The summed E-state index contributed by atoms with van der Waals surface area (Å²) in [5.41, 5.74) is 7.00. The second-order valence-electron chi connectivity index (χ2n) is 3.96. The van der Waals surface area contributed by atoms with Crippen molar-refractivity contribution in [2.75, 3.05) is 26.8 Å². The van der Waals surface area contributed by atoms with Gasteiger partial charge in [0.05, 0.1) is 12.6 Å². The summed E-state index contributed by atoms with van der Waals surface area (Å²) in [5.74, 6) is 0.00705. The van der Waals surface area contributed by atoms with E-state index in [-0.39, 0.29) is 5.91 Å². The molecule has 1 rings (SSSR count). The largest absolute Gasteiger partial charge is 0.380 e. The van der Waals surface area contributed by atoms with E-state index < -0.39 is 6.04 Å². The van der Waals surface area contributed by atoms with Crippen LogP contribution in [0.2, 0.25) is 0 Å². The predicted octanol–water partition coefficient (Wildman–Crippen LogP) is 0.695. The van der Waals surface area contributed by atoms with Crippen LogP contribution in [0.5, 0.6) is 0 Å². The Kier molecular flexibility index (Phi) is 5.22. The van der Waals surface area contributed by atoms with Crippen molar-refractivity contribution in [3.8, 4) is 0 Å². The topological polar surface area (TPSA) is 55.6 Å². The lowest BCUT2D eigenvalue weighted by Gasteiger charge is -2.28. The van der Waals surface area contributed by atoms with Gasteiger partial charge in [-0.2, -0.15) is 0 Å². The van der Waals surface area contributed by atoms with Crippen LogP contribution in [-0.4, -0.2) is 43.7 Å². The molecular formula is C12H20N2O2. The maximum atomic E-state index is 11.8. The van der Waals surface area contributed by atoms with E-state index in [1.54, 1.807) is 18.1 Å². The smallest absolute Gasteiger partial charge is 0.240 e. The highest BCUT2D eigenvalue weighted by Gasteiger charge is 2.21. The van der Waals surface area contributed by atoms with E-state index in [0.29, 0.717) is 19.6 Å². The van der Waals surface area contributed by atoms with Crippen LogP contribution in [-0.2, 0) is 9.53 Å². The van der Waals surface area contributed by atoms with Gasteiger partial charge < -0.3 is 15.4 Å². The van der Waals surface area contributed by atoms with Gasteiger partial charge in [0.1, 0.15) is 0 Å². The molecule has 0 bridgehead atoms. The summed E-state index contributed by atoms with van der Waals surface area (Å²) >= 11 is 0. The quantitative estimate of drug-likeness (QED) is 0.699. The zero-order valence-electron chi connectivity index (χ0n) is 9.82. The fourth-order valence-corrected chi connectivity index (χ4v) is 1.74. The summed E-state index contributed by atoms with van der Waals surface area (Å²) in [6.07, 6.45) is 5.13. The molecule has 0 fully saturated rings. The van der Waals surface area contributed by atoms with Gasteiger partial charge in [-0.1, -0.05) is 12.2 Å². The Morgan fingerprint density at radius 2 is 2.56 bits per heavy atom. The molecule has 0 spiro atoms. The summed E-state index contributed by atoms with van der Waals surface area (Å²) < 4.78 is 5.05. The van der Waals surface area contributed by atoms with Gasteiger partial charge in [-0.05, 0) is 18.4 Å². The summed E-state index contributed by atoms with van der Waals surface area (Å²) in [7, 11) is 1.68. The van der Waals surface area contributed by atoms with E-state index in [2.05, 4.69) is 6.58 Å². The maximum absolute atomic E-state index is 11.8. The van der Waals surface area contributed by atoms with Crippen molar-refractivity contribution in [2.45, 2.75) is 18.9 Å². The molecule has 0 radical (unpaired) electrons. The van der Waals surface area contributed by atoms with E-state index in [1.165, 1.54) is 5.57 Å². The van der Waals surface area contributed by atoms with Gasteiger partial charge in [-0.15, -0.1) is 6.58 Å². The molecule has 0 aromatic carbocycles. The van der Waals surface area contributed by atoms with Crippen molar-refractivity contribution in [1.82, 2.24) is 4.90 Å². The number of hydrogen-bond donors (Lipinski definition) is 1. The van der Waals surface area contributed by atoms with Crippen molar-refractivity contribution < 1.29 is 9.53 Å². The second-order valence-corrected chi connectivity index (χ2v) is 3.96. The number of methoxy groups -OCH3 is 1. The number of amides is 1. The first-order chi connectivity index (χ1) is 7.69. The van der Waals surface area contributed by atoms with Crippen LogP contribution in [0.3, 0.4) is 0 Å². The summed E-state index contributed by atoms with van der Waals surface area (Å²) in [4.78, 5) is 13.6. The Balaban J connectivity index is 2.46. The second kappa shape index (κ2) is 6.45. The lowest BCUT2D eigenvalue weighted by atomic mass is 10.1. The van der Waals surface area contributed by atoms with Crippen molar-refractivity contribution in [3.63, 3.8) is 0 Å². The van der Waals surface area contributed by atoms with Crippen LogP contribution in [0.1, 0.15) is 12.8 Å². The third kappa shape index (κ3) is 3.47. The van der Waals surface area contributed by atoms with Crippen LogP contribution in [0.4, 0.5) is 0 Å². The van der Waals surface area contributed by atoms with Crippen molar-refractivity contribution in [2.24, 2.45) is 5.73 Å². The zero-order valence-corrected chi connectivity index (χ0v) is 9.82. The van der Waals surface area contributed by atoms with Crippen molar-refractivity contribution in [1.29, 1.82) is 0 Å². The summed E-state index contributed by atoms with van der Waals surface area (Å²) in [6.45, 7) is 5.62. The molecular weight excluding hydrogens is 204 g/mol. The highest BCUT2D eigenvalue weighted by atomic mass is 16.5. The molecule has 1 atom stereocenters. The van der Waals surface area contributed by atoms with Crippen LogP contribution >= 0.6 is 0 Å². The highest BCUT2D eigenvalue weighted by Crippen LogP contribution is 2.12. The molecule has 1 aliphatic heterocycles. The minimum atomic E-state index is -0.449. The third-order valence-electron chi connectivity index (χ3n) is 2.68. The van der Waals surface area contributed by atoms with Gasteiger partial charge in [0.2, 0.25) is 5.91 Å². The maximum Gasteiger partial charge on any atom is 0.240 e. The minimum Gasteiger partial charge on any atom is -0.380 e. The first-order valence-corrected chi connectivity index (χ1v) is 5.51. The lowest BCUT2D eigenvalue weighted by Crippen LogP contribution is -2.45. The van der Waals surface area contributed by atoms with E-state index in [1.807, 2.05) is 6.08 Å². The van der Waals surface area contributed by atoms with Gasteiger partial charge in [0, 0.05) is 20.2 Å². The average molecular weight is 224 g/mol. The van der Waals surface area contributed by atoms with Gasteiger partial charge >= 0.3 is 0 Å². The Labute approximate surface area is 96.7 Å². The first-order valence-electron chi connectivity index (χ1n) is 5.51. The number of carbonyl (C=O) groups excluding carboxylic acids is 1. The number of hydrogen-bond acceptors (Lipinski definition) is 3. The Hall–Kier alpha value is -1.13. The molecule has 0 saturated heterocycles. The number of nitrogens with zero attached hydrogens (tertiary/aromatic N) is 1. The SMILES string of the molecule is C=CCC(N)C(=O)N1CC=C(COC)CC1. The van der Waals surface area contributed by atoms with Crippen LogP contribution in [0, 0.1) is 0 Å². The van der Waals surface area contributed by atoms with Gasteiger partial charge in [0.15, 0.2) is 0 Å². The molecule has 90 valence electrons. The van der Waals surface area contributed by atoms with Gasteiger partial charge in [-0.25, -0.2) is 0 Å².